The van der Waals surface area contributed by atoms with Crippen molar-refractivity contribution in [2.45, 2.75) is 39.0 Å². The number of carbonyl (C=O) groups excluding carboxylic acids is 2. The Labute approximate surface area is 196 Å². The van der Waals surface area contributed by atoms with E-state index in [1.807, 2.05) is 46.3 Å². The normalized spacial score (nSPS) is 12.7. The van der Waals surface area contributed by atoms with Crippen molar-refractivity contribution < 1.29 is 19.1 Å². The first-order chi connectivity index (χ1) is 16.0. The lowest BCUT2D eigenvalue weighted by atomic mass is 10.0. The fourth-order valence-electron chi connectivity index (χ4n) is 4.20. The van der Waals surface area contributed by atoms with E-state index in [0.29, 0.717) is 13.0 Å². The molecular formula is C26H35N3O4. The largest absolute Gasteiger partial charge is 0.496 e. The predicted molar refractivity (Wildman–Crippen MR) is 130 cm³/mol. The minimum atomic E-state index is -0.220. The summed E-state index contributed by atoms with van der Waals surface area (Å²) in [6.45, 7) is 4.70. The molecule has 2 N–H and O–H groups in total. The summed E-state index contributed by atoms with van der Waals surface area (Å²) in [5, 5.41) is 1.81. The molecule has 0 radical (unpaired) electrons. The lowest BCUT2D eigenvalue weighted by Gasteiger charge is -2.18. The van der Waals surface area contributed by atoms with Gasteiger partial charge in [0.2, 0.25) is 0 Å². The molecule has 2 aromatic carbocycles. The molecule has 1 aliphatic heterocycles. The summed E-state index contributed by atoms with van der Waals surface area (Å²) in [7, 11) is 1.68. The average molecular weight is 454 g/mol. The molecular weight excluding hydrogens is 418 g/mol. The van der Waals surface area contributed by atoms with Gasteiger partial charge in [0.25, 0.3) is 0 Å². The van der Waals surface area contributed by atoms with E-state index in [1.165, 1.54) is 0 Å². The molecule has 2 aromatic rings. The number of hydrazine groups is 1. The number of rotatable bonds is 13. The van der Waals surface area contributed by atoms with Crippen LogP contribution >= 0.6 is 0 Å². The molecule has 0 saturated carbocycles. The van der Waals surface area contributed by atoms with Crippen LogP contribution in [0.1, 0.15) is 47.7 Å². The summed E-state index contributed by atoms with van der Waals surface area (Å²) in [6.07, 6.45) is 3.83. The highest BCUT2D eigenvalue weighted by Gasteiger charge is 2.22. The summed E-state index contributed by atoms with van der Waals surface area (Å²) in [5.74, 6) is 6.96. The number of anilines is 1. The number of nitrogens with two attached hydrogens (primary N) is 1. The molecule has 0 atom stereocenters. The molecule has 1 aliphatic rings. The van der Waals surface area contributed by atoms with Crippen molar-refractivity contribution in [3.63, 3.8) is 0 Å². The van der Waals surface area contributed by atoms with E-state index in [2.05, 4.69) is 6.07 Å². The second kappa shape index (κ2) is 12.4. The van der Waals surface area contributed by atoms with Gasteiger partial charge in [-0.1, -0.05) is 18.2 Å². The number of hydrogen-bond donors (Lipinski definition) is 1. The van der Waals surface area contributed by atoms with Gasteiger partial charge in [-0.05, 0) is 68.0 Å². The van der Waals surface area contributed by atoms with Crippen LogP contribution in [0, 0.1) is 0 Å². The number of carbonyl (C=O) groups is 2. The number of para-hydroxylation sites is 1. The van der Waals surface area contributed by atoms with Gasteiger partial charge in [-0.25, -0.2) is 5.01 Å². The number of benzene rings is 2. The first-order valence-electron chi connectivity index (χ1n) is 11.7. The summed E-state index contributed by atoms with van der Waals surface area (Å²) < 4.78 is 10.4. The van der Waals surface area contributed by atoms with Gasteiger partial charge in [0.15, 0.2) is 5.78 Å². The summed E-state index contributed by atoms with van der Waals surface area (Å²) in [4.78, 5) is 26.5. The van der Waals surface area contributed by atoms with Crippen LogP contribution < -0.4 is 15.5 Å². The minimum Gasteiger partial charge on any atom is -0.496 e. The molecule has 1 heterocycles. The van der Waals surface area contributed by atoms with Crippen molar-refractivity contribution in [2.24, 2.45) is 5.84 Å². The molecule has 33 heavy (non-hydrogen) atoms. The Hall–Kier alpha value is -2.90. The van der Waals surface area contributed by atoms with Crippen LogP contribution in [0.15, 0.2) is 42.5 Å². The molecule has 0 aliphatic carbocycles. The third-order valence-electron chi connectivity index (χ3n) is 5.98. The van der Waals surface area contributed by atoms with Crippen LogP contribution in [0.2, 0.25) is 0 Å². The predicted octanol–water partition coefficient (Wildman–Crippen LogP) is 3.39. The number of ether oxygens (including phenoxy) is 2. The van der Waals surface area contributed by atoms with Crippen LogP contribution in [-0.2, 0) is 22.4 Å². The SMILES string of the molecule is CCOC(=O)CN1CCc2cc(C(=O)CCCCN(N)CCc3ccccc3OC)ccc21. The maximum absolute atomic E-state index is 12.7. The van der Waals surface area contributed by atoms with Gasteiger partial charge in [-0.15, -0.1) is 0 Å². The molecule has 0 saturated heterocycles. The summed E-state index contributed by atoms with van der Waals surface area (Å²) in [6, 6.07) is 13.8. The maximum Gasteiger partial charge on any atom is 0.325 e. The smallest absolute Gasteiger partial charge is 0.325 e. The molecule has 0 aromatic heterocycles. The molecule has 3 rings (SSSR count). The van der Waals surface area contributed by atoms with Crippen molar-refractivity contribution in [3.8, 4) is 5.75 Å². The van der Waals surface area contributed by atoms with Gasteiger partial charge in [0, 0.05) is 37.3 Å². The van der Waals surface area contributed by atoms with E-state index in [4.69, 9.17) is 15.3 Å². The first kappa shape index (κ1) is 24.7. The molecule has 0 amide bonds. The maximum atomic E-state index is 12.7. The van der Waals surface area contributed by atoms with Crippen molar-refractivity contribution in [1.29, 1.82) is 0 Å². The van der Waals surface area contributed by atoms with Gasteiger partial charge in [-0.3, -0.25) is 15.4 Å². The number of ketones is 1. The van der Waals surface area contributed by atoms with E-state index in [-0.39, 0.29) is 18.3 Å². The molecule has 0 unspecified atom stereocenters. The Morgan fingerprint density at radius 2 is 1.94 bits per heavy atom. The lowest BCUT2D eigenvalue weighted by molar-refractivity contribution is -0.141. The molecule has 0 spiro atoms. The van der Waals surface area contributed by atoms with Gasteiger partial charge in [-0.2, -0.15) is 0 Å². The van der Waals surface area contributed by atoms with E-state index in [9.17, 15) is 9.59 Å². The number of methoxy groups -OCH3 is 1. The number of unbranched alkanes of at least 4 members (excludes halogenated alkanes) is 1. The fourth-order valence-corrected chi connectivity index (χ4v) is 4.20. The molecule has 178 valence electrons. The Morgan fingerprint density at radius 1 is 1.12 bits per heavy atom. The molecule has 7 heteroatoms. The van der Waals surface area contributed by atoms with Crippen LogP contribution in [-0.4, -0.2) is 56.7 Å². The highest BCUT2D eigenvalue weighted by Crippen LogP contribution is 2.29. The lowest BCUT2D eigenvalue weighted by Crippen LogP contribution is -2.34. The highest BCUT2D eigenvalue weighted by molar-refractivity contribution is 5.97. The summed E-state index contributed by atoms with van der Waals surface area (Å²) in [5.41, 5.74) is 4.03. The van der Waals surface area contributed by atoms with Crippen molar-refractivity contribution in [2.75, 3.05) is 44.8 Å². The van der Waals surface area contributed by atoms with E-state index >= 15 is 0 Å². The number of esters is 1. The first-order valence-corrected chi connectivity index (χ1v) is 11.7. The van der Waals surface area contributed by atoms with E-state index in [1.54, 1.807) is 14.0 Å². The zero-order chi connectivity index (χ0) is 23.6. The fraction of sp³-hybridized carbons (Fsp3) is 0.462. The zero-order valence-electron chi connectivity index (χ0n) is 19.7. The Bertz CT molecular complexity index is 947. The van der Waals surface area contributed by atoms with Gasteiger partial charge in [0.05, 0.1) is 13.7 Å². The number of nitrogens with zero attached hydrogens (tertiary/aromatic N) is 2. The summed E-state index contributed by atoms with van der Waals surface area (Å²) >= 11 is 0. The number of hydrogen-bond acceptors (Lipinski definition) is 7. The average Bonchev–Trinajstić information content (AvgIpc) is 3.22. The third kappa shape index (κ3) is 7.04. The van der Waals surface area contributed by atoms with Gasteiger partial charge in [0.1, 0.15) is 12.3 Å². The monoisotopic (exact) mass is 453 g/mol. The molecule has 7 nitrogen and oxygen atoms in total. The Morgan fingerprint density at radius 3 is 2.73 bits per heavy atom. The second-order valence-electron chi connectivity index (χ2n) is 8.30. The quantitative estimate of drug-likeness (QED) is 0.164. The van der Waals surface area contributed by atoms with Crippen molar-refractivity contribution in [1.82, 2.24) is 5.01 Å². The van der Waals surface area contributed by atoms with Crippen LogP contribution in [0.5, 0.6) is 5.75 Å². The minimum absolute atomic E-state index is 0.152. The highest BCUT2D eigenvalue weighted by atomic mass is 16.5. The number of Topliss-reactive ketones (excluding diaryl/α,β-unsaturated/α-hetero) is 1. The van der Waals surface area contributed by atoms with Gasteiger partial charge < -0.3 is 14.4 Å². The van der Waals surface area contributed by atoms with E-state index in [0.717, 1.165) is 73.4 Å². The van der Waals surface area contributed by atoms with Crippen LogP contribution in [0.25, 0.3) is 0 Å². The number of fused-ring (bicyclic) bond motifs is 1. The molecule has 0 fully saturated rings. The Balaban J connectivity index is 1.40. The Kier molecular flexibility index (Phi) is 9.27. The van der Waals surface area contributed by atoms with Crippen molar-refractivity contribution >= 4 is 17.4 Å². The molecule has 0 bridgehead atoms. The zero-order valence-corrected chi connectivity index (χ0v) is 19.7. The second-order valence-corrected chi connectivity index (χ2v) is 8.30. The topological polar surface area (TPSA) is 85.1 Å². The third-order valence-corrected chi connectivity index (χ3v) is 5.98. The van der Waals surface area contributed by atoms with Crippen molar-refractivity contribution in [3.05, 3.63) is 59.2 Å². The van der Waals surface area contributed by atoms with Crippen LogP contribution in [0.4, 0.5) is 5.69 Å². The van der Waals surface area contributed by atoms with E-state index < -0.39 is 0 Å². The van der Waals surface area contributed by atoms with Crippen LogP contribution in [0.3, 0.4) is 0 Å². The standard InChI is InChI=1S/C26H35N3O4/c1-3-33-26(31)19-28-16-13-21-18-22(11-12-23(21)28)24(30)9-6-7-15-29(27)17-14-20-8-4-5-10-25(20)32-2/h4-5,8,10-12,18H,3,6-7,9,13-17,19,27H2,1-2H3. The van der Waals surface area contributed by atoms with Gasteiger partial charge >= 0.3 is 5.97 Å².